The number of fused-ring (bicyclic) bond motifs is 3. The Labute approximate surface area is 109 Å². The summed E-state index contributed by atoms with van der Waals surface area (Å²) < 4.78 is 0.988. The fourth-order valence-corrected chi connectivity index (χ4v) is 3.19. The highest BCUT2D eigenvalue weighted by molar-refractivity contribution is 9.10. The molecule has 0 bridgehead atoms. The van der Waals surface area contributed by atoms with Crippen molar-refractivity contribution in [3.63, 3.8) is 0 Å². The molecule has 1 atom stereocenters. The topological polar surface area (TPSA) is 35.6 Å². The lowest BCUT2D eigenvalue weighted by molar-refractivity contribution is -0.119. The van der Waals surface area contributed by atoms with Gasteiger partial charge in [0.25, 0.3) is 0 Å². The van der Waals surface area contributed by atoms with Crippen LogP contribution in [-0.4, -0.2) is 38.6 Å². The molecule has 1 aromatic rings. The highest BCUT2D eigenvalue weighted by atomic mass is 79.9. The minimum absolute atomic E-state index is 0.155. The number of nitrogens with one attached hydrogen (secondary N) is 1. The van der Waals surface area contributed by atoms with E-state index in [2.05, 4.69) is 39.3 Å². The van der Waals surface area contributed by atoms with E-state index in [1.165, 1.54) is 0 Å². The predicted molar refractivity (Wildman–Crippen MR) is 71.6 cm³/mol. The maximum atomic E-state index is 12.1. The van der Waals surface area contributed by atoms with E-state index in [0.29, 0.717) is 6.54 Å². The minimum atomic E-state index is 0.155. The molecular weight excluding hydrogens is 282 g/mol. The second kappa shape index (κ2) is 3.99. The Hall–Kier alpha value is -1.07. The van der Waals surface area contributed by atoms with Crippen LogP contribution in [0.5, 0.6) is 0 Å². The summed E-state index contributed by atoms with van der Waals surface area (Å²) in [4.78, 5) is 16.2. The summed E-state index contributed by atoms with van der Waals surface area (Å²) in [7, 11) is 2.07. The van der Waals surface area contributed by atoms with Gasteiger partial charge >= 0.3 is 0 Å². The van der Waals surface area contributed by atoms with Crippen LogP contribution in [0, 0.1) is 0 Å². The zero-order valence-electron chi connectivity index (χ0n) is 9.61. The number of benzene rings is 1. The van der Waals surface area contributed by atoms with Crippen molar-refractivity contribution in [1.29, 1.82) is 0 Å². The number of piperazine rings is 1. The molecule has 0 aliphatic carbocycles. The summed E-state index contributed by atoms with van der Waals surface area (Å²) in [5.74, 6) is 0.155. The van der Waals surface area contributed by atoms with Gasteiger partial charge in [-0.1, -0.05) is 6.07 Å². The van der Waals surface area contributed by atoms with Crippen LogP contribution >= 0.6 is 15.9 Å². The third kappa shape index (κ3) is 1.65. The lowest BCUT2D eigenvalue weighted by Gasteiger charge is -2.45. The molecule has 1 unspecified atom stereocenters. The molecule has 2 aliphatic rings. The first-order valence-electron chi connectivity index (χ1n) is 5.71. The van der Waals surface area contributed by atoms with Crippen molar-refractivity contribution in [2.45, 2.75) is 6.04 Å². The van der Waals surface area contributed by atoms with Gasteiger partial charge in [0.1, 0.15) is 0 Å². The van der Waals surface area contributed by atoms with E-state index < -0.39 is 0 Å². The van der Waals surface area contributed by atoms with Gasteiger partial charge in [-0.05, 0) is 28.1 Å². The zero-order valence-corrected chi connectivity index (χ0v) is 11.2. The molecule has 90 valence electrons. The number of hydrogen-bond donors (Lipinski definition) is 1. The van der Waals surface area contributed by atoms with Crippen molar-refractivity contribution >= 4 is 33.2 Å². The van der Waals surface area contributed by atoms with E-state index in [1.807, 2.05) is 17.0 Å². The summed E-state index contributed by atoms with van der Waals surface area (Å²) in [6.07, 6.45) is 0. The molecule has 4 nitrogen and oxygen atoms in total. The summed E-state index contributed by atoms with van der Waals surface area (Å²) in [5.41, 5.74) is 2.13. The number of anilines is 2. The summed E-state index contributed by atoms with van der Waals surface area (Å²) in [6, 6.07) is 6.29. The molecule has 0 radical (unpaired) electrons. The highest BCUT2D eigenvalue weighted by Gasteiger charge is 2.36. The summed E-state index contributed by atoms with van der Waals surface area (Å²) in [6.45, 7) is 2.17. The molecule has 1 aromatic carbocycles. The third-order valence-electron chi connectivity index (χ3n) is 3.39. The monoisotopic (exact) mass is 295 g/mol. The molecule has 0 spiro atoms. The number of rotatable bonds is 0. The summed E-state index contributed by atoms with van der Waals surface area (Å²) in [5, 5.41) is 3.17. The molecule has 1 saturated heterocycles. The largest absolute Gasteiger partial charge is 0.371 e. The fourth-order valence-electron chi connectivity index (χ4n) is 2.64. The molecular formula is C12H14BrN3O. The van der Waals surface area contributed by atoms with Gasteiger partial charge in [-0.3, -0.25) is 4.79 Å². The van der Waals surface area contributed by atoms with Crippen LogP contribution in [0.2, 0.25) is 0 Å². The van der Waals surface area contributed by atoms with Gasteiger partial charge in [-0.25, -0.2) is 0 Å². The van der Waals surface area contributed by atoms with Crippen LogP contribution in [-0.2, 0) is 4.79 Å². The van der Waals surface area contributed by atoms with Gasteiger partial charge in [-0.2, -0.15) is 0 Å². The van der Waals surface area contributed by atoms with Crippen LogP contribution in [0.25, 0.3) is 0 Å². The Morgan fingerprint density at radius 3 is 3.12 bits per heavy atom. The molecule has 1 amide bonds. The van der Waals surface area contributed by atoms with E-state index in [4.69, 9.17) is 0 Å². The van der Waals surface area contributed by atoms with Gasteiger partial charge in [0.2, 0.25) is 5.91 Å². The SMILES string of the molecule is CN1CC2CNCC(=O)N2c2c(Br)cccc21. The normalized spacial score (nSPS) is 23.4. The molecule has 0 saturated carbocycles. The van der Waals surface area contributed by atoms with E-state index in [-0.39, 0.29) is 11.9 Å². The fraction of sp³-hybridized carbons (Fsp3) is 0.417. The van der Waals surface area contributed by atoms with Crippen LogP contribution in [0.4, 0.5) is 11.4 Å². The molecule has 5 heteroatoms. The van der Waals surface area contributed by atoms with Crippen molar-refractivity contribution in [3.05, 3.63) is 22.7 Å². The van der Waals surface area contributed by atoms with Crippen LogP contribution in [0.15, 0.2) is 22.7 Å². The van der Waals surface area contributed by atoms with Crippen LogP contribution in [0.1, 0.15) is 0 Å². The number of amides is 1. The summed E-state index contributed by atoms with van der Waals surface area (Å²) >= 11 is 3.56. The predicted octanol–water partition coefficient (Wildman–Crippen LogP) is 1.20. The molecule has 0 aromatic heterocycles. The number of hydrogen-bond acceptors (Lipinski definition) is 3. The number of nitrogens with zero attached hydrogens (tertiary/aromatic N) is 2. The molecule has 3 rings (SSSR count). The molecule has 1 N–H and O–H groups in total. The third-order valence-corrected chi connectivity index (χ3v) is 4.03. The Kier molecular flexibility index (Phi) is 2.60. The van der Waals surface area contributed by atoms with Crippen LogP contribution < -0.4 is 15.1 Å². The number of carbonyl (C=O) groups excluding carboxylic acids is 1. The quantitative estimate of drug-likeness (QED) is 0.781. The van der Waals surface area contributed by atoms with Crippen LogP contribution in [0.3, 0.4) is 0 Å². The first kappa shape index (κ1) is 11.0. The smallest absolute Gasteiger partial charge is 0.241 e. The lowest BCUT2D eigenvalue weighted by atomic mass is 10.1. The first-order chi connectivity index (χ1) is 8.18. The molecule has 2 aliphatic heterocycles. The second-order valence-corrected chi connectivity index (χ2v) is 5.39. The second-order valence-electron chi connectivity index (χ2n) is 4.54. The maximum absolute atomic E-state index is 12.1. The Morgan fingerprint density at radius 2 is 2.29 bits per heavy atom. The molecule has 2 heterocycles. The van der Waals surface area contributed by atoms with Gasteiger partial charge < -0.3 is 15.1 Å². The number of likely N-dealkylation sites (N-methyl/N-ethyl adjacent to an activating group) is 1. The molecule has 1 fully saturated rings. The number of carbonyl (C=O) groups is 1. The van der Waals surface area contributed by atoms with Gasteiger partial charge in [0.15, 0.2) is 0 Å². The number of para-hydroxylation sites is 1. The first-order valence-corrected chi connectivity index (χ1v) is 6.50. The van der Waals surface area contributed by atoms with Crippen molar-refractivity contribution in [2.24, 2.45) is 0 Å². The standard InChI is InChI=1S/C12H14BrN3O/c1-15-7-8-5-14-6-11(17)16(8)12-9(13)3-2-4-10(12)15/h2-4,8,14H,5-7H2,1H3. The molecule has 17 heavy (non-hydrogen) atoms. The van der Waals surface area contributed by atoms with Crippen molar-refractivity contribution in [3.8, 4) is 0 Å². The average Bonchev–Trinajstić information content (AvgIpc) is 2.30. The zero-order chi connectivity index (χ0) is 12.0. The van der Waals surface area contributed by atoms with Gasteiger partial charge in [0.05, 0.1) is 24.0 Å². The highest BCUT2D eigenvalue weighted by Crippen LogP contribution is 2.40. The van der Waals surface area contributed by atoms with E-state index in [9.17, 15) is 4.79 Å². The van der Waals surface area contributed by atoms with E-state index >= 15 is 0 Å². The number of halogens is 1. The maximum Gasteiger partial charge on any atom is 0.241 e. The Bertz CT molecular complexity index is 477. The lowest BCUT2D eigenvalue weighted by Crippen LogP contribution is -2.61. The Balaban J connectivity index is 2.15. The van der Waals surface area contributed by atoms with E-state index in [1.54, 1.807) is 0 Å². The van der Waals surface area contributed by atoms with Crippen molar-refractivity contribution in [2.75, 3.05) is 36.5 Å². The van der Waals surface area contributed by atoms with Gasteiger partial charge in [0, 0.05) is 24.6 Å². The van der Waals surface area contributed by atoms with Crippen molar-refractivity contribution < 1.29 is 4.79 Å². The van der Waals surface area contributed by atoms with E-state index in [0.717, 1.165) is 28.9 Å². The average molecular weight is 296 g/mol. The minimum Gasteiger partial charge on any atom is -0.371 e. The Morgan fingerprint density at radius 1 is 1.47 bits per heavy atom. The van der Waals surface area contributed by atoms with Gasteiger partial charge in [-0.15, -0.1) is 0 Å². The van der Waals surface area contributed by atoms with Crippen molar-refractivity contribution in [1.82, 2.24) is 5.32 Å².